The van der Waals surface area contributed by atoms with Crippen LogP contribution < -0.4 is 0 Å². The van der Waals surface area contributed by atoms with Crippen molar-refractivity contribution in [2.45, 2.75) is 13.3 Å². The van der Waals surface area contributed by atoms with Crippen molar-refractivity contribution in [3.8, 4) is 11.3 Å². The molecule has 0 amide bonds. The van der Waals surface area contributed by atoms with Gasteiger partial charge < -0.3 is 5.11 Å². The molecular formula is C14H12N2O2S. The highest BCUT2D eigenvalue weighted by molar-refractivity contribution is 7.15. The Morgan fingerprint density at radius 1 is 1.47 bits per heavy atom. The number of benzene rings is 1. The SMILES string of the molecule is Cc1cccc(-c2cn3c(CC(=O)O)csc3n2)c1. The highest BCUT2D eigenvalue weighted by atomic mass is 32.1. The van der Waals surface area contributed by atoms with Crippen LogP contribution in [0.25, 0.3) is 16.2 Å². The van der Waals surface area contributed by atoms with Gasteiger partial charge in [-0.2, -0.15) is 0 Å². The number of aromatic nitrogens is 2. The Morgan fingerprint density at radius 2 is 2.32 bits per heavy atom. The molecule has 0 unspecified atom stereocenters. The fourth-order valence-electron chi connectivity index (χ4n) is 2.05. The molecule has 0 bridgehead atoms. The number of carbonyl (C=O) groups is 1. The number of thiazole rings is 1. The first-order valence-electron chi connectivity index (χ1n) is 5.88. The maximum Gasteiger partial charge on any atom is 0.309 e. The van der Waals surface area contributed by atoms with E-state index in [1.54, 1.807) is 0 Å². The molecule has 0 radical (unpaired) electrons. The summed E-state index contributed by atoms with van der Waals surface area (Å²) in [5.41, 5.74) is 3.87. The molecule has 5 heteroatoms. The van der Waals surface area contributed by atoms with E-state index in [0.29, 0.717) is 0 Å². The van der Waals surface area contributed by atoms with Crippen LogP contribution in [0.3, 0.4) is 0 Å². The molecule has 0 atom stereocenters. The van der Waals surface area contributed by atoms with Crippen LogP contribution in [0.2, 0.25) is 0 Å². The van der Waals surface area contributed by atoms with Gasteiger partial charge in [-0.1, -0.05) is 23.8 Å². The molecule has 0 saturated heterocycles. The van der Waals surface area contributed by atoms with Crippen molar-refractivity contribution in [1.82, 2.24) is 9.38 Å². The summed E-state index contributed by atoms with van der Waals surface area (Å²) in [4.78, 5) is 16.2. The van der Waals surface area contributed by atoms with E-state index < -0.39 is 5.97 Å². The van der Waals surface area contributed by atoms with Crippen molar-refractivity contribution in [3.05, 3.63) is 47.1 Å². The lowest BCUT2D eigenvalue weighted by Crippen LogP contribution is -2.02. The van der Waals surface area contributed by atoms with Gasteiger partial charge in [0.1, 0.15) is 0 Å². The minimum Gasteiger partial charge on any atom is -0.481 e. The van der Waals surface area contributed by atoms with Crippen molar-refractivity contribution in [1.29, 1.82) is 0 Å². The first-order valence-corrected chi connectivity index (χ1v) is 6.76. The third-order valence-corrected chi connectivity index (χ3v) is 3.82. The minimum atomic E-state index is -0.828. The van der Waals surface area contributed by atoms with Crippen LogP contribution in [0, 0.1) is 6.92 Å². The number of nitrogens with zero attached hydrogens (tertiary/aromatic N) is 2. The fraction of sp³-hybridized carbons (Fsp3) is 0.143. The number of aryl methyl sites for hydroxylation is 1. The predicted octanol–water partition coefficient (Wildman–Crippen LogP) is 3.00. The molecule has 19 heavy (non-hydrogen) atoms. The van der Waals surface area contributed by atoms with Gasteiger partial charge in [-0.3, -0.25) is 9.20 Å². The van der Waals surface area contributed by atoms with Crippen molar-refractivity contribution in [3.63, 3.8) is 0 Å². The summed E-state index contributed by atoms with van der Waals surface area (Å²) in [5, 5.41) is 10.7. The number of carboxylic acid groups (broad SMARTS) is 1. The second-order valence-corrected chi connectivity index (χ2v) is 5.28. The van der Waals surface area contributed by atoms with Crippen LogP contribution >= 0.6 is 11.3 Å². The Labute approximate surface area is 114 Å². The van der Waals surface area contributed by atoms with Gasteiger partial charge in [0.05, 0.1) is 12.1 Å². The Morgan fingerprint density at radius 3 is 3.05 bits per heavy atom. The number of hydrogen-bond donors (Lipinski definition) is 1. The summed E-state index contributed by atoms with van der Waals surface area (Å²) >= 11 is 1.46. The first kappa shape index (κ1) is 11.9. The summed E-state index contributed by atoms with van der Waals surface area (Å²) in [6, 6.07) is 8.12. The van der Waals surface area contributed by atoms with Gasteiger partial charge in [0.2, 0.25) is 0 Å². The third kappa shape index (κ3) is 2.24. The summed E-state index contributed by atoms with van der Waals surface area (Å²) in [6.45, 7) is 2.04. The third-order valence-electron chi connectivity index (χ3n) is 2.93. The van der Waals surface area contributed by atoms with Crippen molar-refractivity contribution >= 4 is 22.3 Å². The minimum absolute atomic E-state index is 0.0175. The summed E-state index contributed by atoms with van der Waals surface area (Å²) < 4.78 is 1.86. The number of fused-ring (bicyclic) bond motifs is 1. The fourth-order valence-corrected chi connectivity index (χ4v) is 2.93. The van der Waals surface area contributed by atoms with Crippen LogP contribution in [0.4, 0.5) is 0 Å². The molecule has 0 aliphatic carbocycles. The van der Waals surface area contributed by atoms with E-state index in [0.717, 1.165) is 21.9 Å². The van der Waals surface area contributed by atoms with Crippen LogP contribution in [-0.4, -0.2) is 20.5 Å². The Hall–Kier alpha value is -2.14. The molecule has 0 aliphatic rings. The second-order valence-electron chi connectivity index (χ2n) is 4.45. The molecule has 96 valence electrons. The Balaban J connectivity index is 2.07. The zero-order valence-electron chi connectivity index (χ0n) is 10.3. The molecule has 3 aromatic rings. The van der Waals surface area contributed by atoms with E-state index in [1.807, 2.05) is 41.1 Å². The normalized spacial score (nSPS) is 11.0. The van der Waals surface area contributed by atoms with Crippen molar-refractivity contribution in [2.24, 2.45) is 0 Å². The second kappa shape index (κ2) is 4.51. The molecule has 0 fully saturated rings. The molecule has 0 spiro atoms. The quantitative estimate of drug-likeness (QED) is 0.797. The molecule has 0 aliphatic heterocycles. The number of carboxylic acids is 1. The number of imidazole rings is 1. The predicted molar refractivity (Wildman–Crippen MR) is 74.6 cm³/mol. The number of aliphatic carboxylic acids is 1. The zero-order valence-corrected chi connectivity index (χ0v) is 11.1. The van der Waals surface area contributed by atoms with E-state index in [-0.39, 0.29) is 6.42 Å². The monoisotopic (exact) mass is 272 g/mol. The van der Waals surface area contributed by atoms with Gasteiger partial charge in [0, 0.05) is 22.8 Å². The van der Waals surface area contributed by atoms with Gasteiger partial charge in [-0.15, -0.1) is 11.3 Å². The van der Waals surface area contributed by atoms with E-state index in [9.17, 15) is 4.79 Å². The smallest absolute Gasteiger partial charge is 0.309 e. The molecule has 1 N–H and O–H groups in total. The van der Waals surface area contributed by atoms with Gasteiger partial charge in [-0.05, 0) is 13.0 Å². The first-order chi connectivity index (χ1) is 9.13. The zero-order chi connectivity index (χ0) is 13.4. The van der Waals surface area contributed by atoms with Crippen LogP contribution in [-0.2, 0) is 11.2 Å². The molecule has 1 aromatic carbocycles. The van der Waals surface area contributed by atoms with Crippen molar-refractivity contribution in [2.75, 3.05) is 0 Å². The number of hydrogen-bond acceptors (Lipinski definition) is 3. The van der Waals surface area contributed by atoms with Crippen molar-refractivity contribution < 1.29 is 9.90 Å². The van der Waals surface area contributed by atoms with E-state index >= 15 is 0 Å². The highest BCUT2D eigenvalue weighted by Gasteiger charge is 2.11. The van der Waals surface area contributed by atoms with Gasteiger partial charge >= 0.3 is 5.97 Å². The molecule has 2 aromatic heterocycles. The van der Waals surface area contributed by atoms with E-state index in [2.05, 4.69) is 11.1 Å². The summed E-state index contributed by atoms with van der Waals surface area (Å²) in [6.07, 6.45) is 1.92. The van der Waals surface area contributed by atoms with Crippen LogP contribution in [0.15, 0.2) is 35.8 Å². The summed E-state index contributed by atoms with van der Waals surface area (Å²) in [5.74, 6) is -0.828. The molecule has 0 saturated carbocycles. The van der Waals surface area contributed by atoms with Gasteiger partial charge in [0.25, 0.3) is 0 Å². The largest absolute Gasteiger partial charge is 0.481 e. The molecule has 2 heterocycles. The maximum atomic E-state index is 10.8. The molecule has 4 nitrogen and oxygen atoms in total. The number of rotatable bonds is 3. The molecule has 3 rings (SSSR count). The van der Waals surface area contributed by atoms with Crippen LogP contribution in [0.5, 0.6) is 0 Å². The summed E-state index contributed by atoms with van der Waals surface area (Å²) in [7, 11) is 0. The average molecular weight is 272 g/mol. The van der Waals surface area contributed by atoms with Gasteiger partial charge in [0.15, 0.2) is 4.96 Å². The standard InChI is InChI=1S/C14H12N2O2S/c1-9-3-2-4-10(5-9)12-7-16-11(6-13(17)18)8-19-14(16)15-12/h2-5,7-8H,6H2,1H3,(H,17,18). The average Bonchev–Trinajstić information content (AvgIpc) is 2.91. The maximum absolute atomic E-state index is 10.8. The van der Waals surface area contributed by atoms with Gasteiger partial charge in [-0.25, -0.2) is 4.98 Å². The topological polar surface area (TPSA) is 54.6 Å². The lowest BCUT2D eigenvalue weighted by atomic mass is 10.1. The van der Waals surface area contributed by atoms with E-state index in [4.69, 9.17) is 5.11 Å². The lowest BCUT2D eigenvalue weighted by molar-refractivity contribution is -0.136. The highest BCUT2D eigenvalue weighted by Crippen LogP contribution is 2.24. The van der Waals surface area contributed by atoms with Crippen LogP contribution in [0.1, 0.15) is 11.3 Å². The Kier molecular flexibility index (Phi) is 2.83. The lowest BCUT2D eigenvalue weighted by Gasteiger charge is -1.97. The Bertz CT molecular complexity index is 758. The molecular weight excluding hydrogens is 260 g/mol. The van der Waals surface area contributed by atoms with E-state index in [1.165, 1.54) is 16.9 Å².